The van der Waals surface area contributed by atoms with Crippen LogP contribution in [0.4, 0.5) is 4.79 Å². The fourth-order valence-corrected chi connectivity index (χ4v) is 3.95. The number of carbonyl (C=O) groups excluding carboxylic acids is 1. The molecule has 0 saturated heterocycles. The highest BCUT2D eigenvalue weighted by Crippen LogP contribution is 2.33. The van der Waals surface area contributed by atoms with Gasteiger partial charge in [0.2, 0.25) is 0 Å². The van der Waals surface area contributed by atoms with Gasteiger partial charge >= 0.3 is 12.0 Å². The van der Waals surface area contributed by atoms with Crippen molar-refractivity contribution in [3.05, 3.63) is 21.9 Å². The summed E-state index contributed by atoms with van der Waals surface area (Å²) in [5.74, 6) is -0.283. The number of carbonyl (C=O) groups is 2. The molecule has 0 radical (unpaired) electrons. The molecule has 0 aromatic carbocycles. The van der Waals surface area contributed by atoms with E-state index < -0.39 is 18.0 Å². The molecule has 0 saturated carbocycles. The van der Waals surface area contributed by atoms with Gasteiger partial charge in [-0.15, -0.1) is 11.3 Å². The average molecular weight is 328 g/mol. The Bertz CT molecular complexity index is 504. The second-order valence-electron chi connectivity index (χ2n) is 5.03. The van der Waals surface area contributed by atoms with Crippen LogP contribution in [0, 0.1) is 0 Å². The zero-order chi connectivity index (χ0) is 15.2. The van der Waals surface area contributed by atoms with Crippen LogP contribution in [0.15, 0.2) is 11.4 Å². The molecule has 0 spiro atoms. The number of hydrogen-bond acceptors (Lipinski definition) is 4. The molecule has 1 aliphatic rings. The van der Waals surface area contributed by atoms with Crippen LogP contribution in [-0.4, -0.2) is 35.2 Å². The number of thiophene rings is 1. The van der Waals surface area contributed by atoms with Crippen LogP contribution in [0.2, 0.25) is 0 Å². The maximum absolute atomic E-state index is 12.0. The van der Waals surface area contributed by atoms with Crippen molar-refractivity contribution in [2.75, 3.05) is 12.0 Å². The lowest BCUT2D eigenvalue weighted by Crippen LogP contribution is -2.47. The Morgan fingerprint density at radius 2 is 2.38 bits per heavy atom. The number of rotatable bonds is 6. The van der Waals surface area contributed by atoms with Gasteiger partial charge in [-0.25, -0.2) is 9.59 Å². The summed E-state index contributed by atoms with van der Waals surface area (Å²) in [7, 11) is 0. The summed E-state index contributed by atoms with van der Waals surface area (Å²) < 4.78 is 0. The van der Waals surface area contributed by atoms with Crippen molar-refractivity contribution in [1.29, 1.82) is 0 Å². The summed E-state index contributed by atoms with van der Waals surface area (Å²) in [6.45, 7) is 0. The lowest BCUT2D eigenvalue weighted by molar-refractivity contribution is -0.139. The summed E-state index contributed by atoms with van der Waals surface area (Å²) in [4.78, 5) is 24.5. The molecule has 1 aromatic heterocycles. The standard InChI is InChI=1S/C14H20N2O3S2/c1-20-7-6-11(13(17)18)16-14(19)15-10-3-2-4-12-9(10)5-8-21-12/h5,8,10-11H,2-4,6-7H2,1H3,(H,17,18)(H2,15,16,19)/t10?,11-/m1/s1. The van der Waals surface area contributed by atoms with Gasteiger partial charge in [-0.2, -0.15) is 11.8 Å². The van der Waals surface area contributed by atoms with Crippen LogP contribution < -0.4 is 10.6 Å². The summed E-state index contributed by atoms with van der Waals surface area (Å²) in [5, 5.41) is 16.6. The molecule has 0 fully saturated rings. The second-order valence-corrected chi connectivity index (χ2v) is 7.02. The van der Waals surface area contributed by atoms with Crippen molar-refractivity contribution in [3.63, 3.8) is 0 Å². The number of aryl methyl sites for hydroxylation is 1. The Kier molecular flexibility index (Phi) is 5.93. The first kappa shape index (κ1) is 16.2. The molecule has 1 aromatic rings. The van der Waals surface area contributed by atoms with Gasteiger partial charge in [-0.3, -0.25) is 0 Å². The number of fused-ring (bicyclic) bond motifs is 1. The first-order chi connectivity index (χ1) is 10.1. The van der Waals surface area contributed by atoms with E-state index in [2.05, 4.69) is 10.6 Å². The highest BCUT2D eigenvalue weighted by molar-refractivity contribution is 7.98. The fraction of sp³-hybridized carbons (Fsp3) is 0.571. The molecule has 116 valence electrons. The molecule has 0 bridgehead atoms. The largest absolute Gasteiger partial charge is 0.480 e. The van der Waals surface area contributed by atoms with Crippen LogP contribution in [0.5, 0.6) is 0 Å². The zero-order valence-corrected chi connectivity index (χ0v) is 13.6. The number of hydrogen-bond donors (Lipinski definition) is 3. The van der Waals surface area contributed by atoms with Crippen molar-refractivity contribution in [3.8, 4) is 0 Å². The fourth-order valence-electron chi connectivity index (χ4n) is 2.49. The van der Waals surface area contributed by atoms with E-state index in [1.54, 1.807) is 23.1 Å². The van der Waals surface area contributed by atoms with Crippen molar-refractivity contribution < 1.29 is 14.7 Å². The van der Waals surface area contributed by atoms with E-state index in [1.165, 1.54) is 10.4 Å². The number of amides is 2. The van der Waals surface area contributed by atoms with Crippen molar-refractivity contribution in [2.24, 2.45) is 0 Å². The first-order valence-corrected chi connectivity index (χ1v) is 9.24. The van der Waals surface area contributed by atoms with Crippen LogP contribution in [-0.2, 0) is 11.2 Å². The van der Waals surface area contributed by atoms with E-state index in [9.17, 15) is 9.59 Å². The smallest absolute Gasteiger partial charge is 0.326 e. The number of carboxylic acids is 1. The molecule has 0 aliphatic heterocycles. The van der Waals surface area contributed by atoms with Crippen LogP contribution in [0.1, 0.15) is 35.7 Å². The molecule has 7 heteroatoms. The summed E-state index contributed by atoms with van der Waals surface area (Å²) in [6.07, 6.45) is 5.36. The number of aliphatic carboxylic acids is 1. The van der Waals surface area contributed by atoms with Crippen LogP contribution >= 0.6 is 23.1 Å². The average Bonchev–Trinajstić information content (AvgIpc) is 2.92. The van der Waals surface area contributed by atoms with Crippen LogP contribution in [0.3, 0.4) is 0 Å². The molecule has 3 N–H and O–H groups in total. The predicted octanol–water partition coefficient (Wildman–Crippen LogP) is 2.63. The minimum Gasteiger partial charge on any atom is -0.480 e. The molecule has 1 aliphatic carbocycles. The Labute approximate surface area is 132 Å². The van der Waals surface area contributed by atoms with Crippen molar-refractivity contribution in [1.82, 2.24) is 10.6 Å². The monoisotopic (exact) mass is 328 g/mol. The van der Waals surface area contributed by atoms with Crippen LogP contribution in [0.25, 0.3) is 0 Å². The van der Waals surface area contributed by atoms with Gasteiger partial charge in [0, 0.05) is 4.88 Å². The van der Waals surface area contributed by atoms with Crippen molar-refractivity contribution in [2.45, 2.75) is 37.8 Å². The van der Waals surface area contributed by atoms with Gasteiger partial charge in [-0.1, -0.05) is 0 Å². The molecule has 2 amide bonds. The summed E-state index contributed by atoms with van der Waals surface area (Å²) >= 11 is 3.29. The molecule has 5 nitrogen and oxygen atoms in total. The molecule has 2 atom stereocenters. The number of carboxylic acid groups (broad SMARTS) is 1. The minimum absolute atomic E-state index is 0.00463. The van der Waals surface area contributed by atoms with Gasteiger partial charge in [0.25, 0.3) is 0 Å². The highest BCUT2D eigenvalue weighted by atomic mass is 32.2. The number of thioether (sulfide) groups is 1. The van der Waals surface area contributed by atoms with Gasteiger partial charge in [0.15, 0.2) is 0 Å². The SMILES string of the molecule is CSCC[C@@H](NC(=O)NC1CCCc2sccc21)C(=O)O. The predicted molar refractivity (Wildman–Crippen MR) is 86.1 cm³/mol. The zero-order valence-electron chi connectivity index (χ0n) is 11.9. The topological polar surface area (TPSA) is 78.4 Å². The number of urea groups is 1. The molecule has 21 heavy (non-hydrogen) atoms. The van der Waals surface area contributed by atoms with Gasteiger partial charge < -0.3 is 15.7 Å². The quantitative estimate of drug-likeness (QED) is 0.750. The third-order valence-electron chi connectivity index (χ3n) is 3.57. The van der Waals surface area contributed by atoms with Gasteiger partial charge in [0.1, 0.15) is 6.04 Å². The van der Waals surface area contributed by atoms with E-state index in [4.69, 9.17) is 5.11 Å². The Balaban J connectivity index is 1.91. The highest BCUT2D eigenvalue weighted by Gasteiger charge is 2.25. The molecular weight excluding hydrogens is 308 g/mol. The first-order valence-electron chi connectivity index (χ1n) is 6.97. The number of nitrogens with one attached hydrogen (secondary N) is 2. The Morgan fingerprint density at radius 1 is 1.57 bits per heavy atom. The van der Waals surface area contributed by atoms with Gasteiger partial charge in [-0.05, 0) is 54.7 Å². The van der Waals surface area contributed by atoms with E-state index in [0.717, 1.165) is 19.3 Å². The second kappa shape index (κ2) is 7.70. The van der Waals surface area contributed by atoms with Crippen molar-refractivity contribution >= 4 is 35.1 Å². The third kappa shape index (κ3) is 4.38. The third-order valence-corrected chi connectivity index (χ3v) is 5.21. The van der Waals surface area contributed by atoms with E-state index in [0.29, 0.717) is 12.2 Å². The van der Waals surface area contributed by atoms with Gasteiger partial charge in [0.05, 0.1) is 6.04 Å². The Morgan fingerprint density at radius 3 is 3.10 bits per heavy atom. The minimum atomic E-state index is -0.987. The normalized spacial score (nSPS) is 18.6. The summed E-state index contributed by atoms with van der Waals surface area (Å²) in [6, 6.07) is 0.817. The molecule has 1 unspecified atom stereocenters. The summed E-state index contributed by atoms with van der Waals surface area (Å²) in [5.41, 5.74) is 1.18. The van der Waals surface area contributed by atoms with E-state index >= 15 is 0 Å². The Hall–Kier alpha value is -1.21. The lowest BCUT2D eigenvalue weighted by atomic mass is 9.94. The maximum Gasteiger partial charge on any atom is 0.326 e. The molecule has 2 rings (SSSR count). The maximum atomic E-state index is 12.0. The lowest BCUT2D eigenvalue weighted by Gasteiger charge is -2.24. The molecule has 1 heterocycles. The van der Waals surface area contributed by atoms with E-state index in [-0.39, 0.29) is 6.04 Å². The van der Waals surface area contributed by atoms with E-state index in [1.807, 2.05) is 17.7 Å². The molecular formula is C14H20N2O3S2.